The van der Waals surface area contributed by atoms with E-state index in [-0.39, 0.29) is 5.69 Å². The molecule has 0 saturated heterocycles. The van der Waals surface area contributed by atoms with Gasteiger partial charge in [0.2, 0.25) is 0 Å². The summed E-state index contributed by atoms with van der Waals surface area (Å²) in [5.74, 6) is -0.361. The molecule has 0 radical (unpaired) electrons. The van der Waals surface area contributed by atoms with Crippen molar-refractivity contribution in [3.8, 4) is 0 Å². The van der Waals surface area contributed by atoms with E-state index in [0.717, 1.165) is 12.1 Å². The van der Waals surface area contributed by atoms with E-state index < -0.39 is 5.97 Å². The minimum Gasteiger partial charge on any atom is -0.476 e. The maximum absolute atomic E-state index is 10.6. The molecule has 1 aromatic rings. The van der Waals surface area contributed by atoms with Crippen LogP contribution in [0.25, 0.3) is 0 Å². The molecule has 0 atom stereocenters. The van der Waals surface area contributed by atoms with Crippen molar-refractivity contribution in [2.45, 2.75) is 13.0 Å². The van der Waals surface area contributed by atoms with Crippen LogP contribution in [0.2, 0.25) is 0 Å². The summed E-state index contributed by atoms with van der Waals surface area (Å²) < 4.78 is 4.86. The minimum absolute atomic E-state index is 0.0616. The van der Waals surface area contributed by atoms with Crippen LogP contribution in [0.4, 0.5) is 0 Å². The van der Waals surface area contributed by atoms with Gasteiger partial charge in [0, 0.05) is 5.56 Å². The zero-order chi connectivity index (χ0) is 8.55. The highest BCUT2D eigenvalue weighted by molar-refractivity contribution is 5.87. The van der Waals surface area contributed by atoms with Gasteiger partial charge in [-0.05, 0) is 13.0 Å². The van der Waals surface area contributed by atoms with Crippen molar-refractivity contribution in [3.05, 3.63) is 17.0 Å². The van der Waals surface area contributed by atoms with Crippen LogP contribution in [0, 0.1) is 0 Å². The van der Waals surface area contributed by atoms with E-state index in [1.807, 2.05) is 0 Å². The van der Waals surface area contributed by atoms with Crippen LogP contribution in [0.5, 0.6) is 0 Å². The SMILES string of the molecule is O=C(O)c1noc2c1CCNC2. The predicted molar refractivity (Wildman–Crippen MR) is 38.9 cm³/mol. The molecule has 0 aromatic carbocycles. The maximum Gasteiger partial charge on any atom is 0.358 e. The second-order valence-corrected chi connectivity index (χ2v) is 2.66. The van der Waals surface area contributed by atoms with E-state index in [1.165, 1.54) is 0 Å². The quantitative estimate of drug-likeness (QED) is 0.618. The Labute approximate surface area is 68.4 Å². The van der Waals surface area contributed by atoms with E-state index in [9.17, 15) is 4.79 Å². The first-order valence-electron chi connectivity index (χ1n) is 3.70. The van der Waals surface area contributed by atoms with Gasteiger partial charge < -0.3 is 14.9 Å². The summed E-state index contributed by atoms with van der Waals surface area (Å²) in [4.78, 5) is 10.6. The Morgan fingerprint density at radius 3 is 3.25 bits per heavy atom. The fraction of sp³-hybridized carbons (Fsp3) is 0.429. The lowest BCUT2D eigenvalue weighted by molar-refractivity contribution is 0.0684. The topological polar surface area (TPSA) is 75.4 Å². The van der Waals surface area contributed by atoms with Gasteiger partial charge in [0.15, 0.2) is 11.5 Å². The van der Waals surface area contributed by atoms with Gasteiger partial charge in [-0.2, -0.15) is 0 Å². The van der Waals surface area contributed by atoms with Crippen LogP contribution in [0.15, 0.2) is 4.52 Å². The molecule has 1 aliphatic heterocycles. The molecule has 64 valence electrons. The highest BCUT2D eigenvalue weighted by Crippen LogP contribution is 2.17. The van der Waals surface area contributed by atoms with E-state index in [1.54, 1.807) is 0 Å². The van der Waals surface area contributed by atoms with Crippen LogP contribution in [0.1, 0.15) is 21.8 Å². The van der Waals surface area contributed by atoms with Crippen molar-refractivity contribution in [1.82, 2.24) is 10.5 Å². The molecule has 0 unspecified atom stereocenters. The van der Waals surface area contributed by atoms with Gasteiger partial charge >= 0.3 is 5.97 Å². The summed E-state index contributed by atoms with van der Waals surface area (Å²) in [7, 11) is 0. The molecule has 1 aromatic heterocycles. The van der Waals surface area contributed by atoms with Crippen LogP contribution >= 0.6 is 0 Å². The first kappa shape index (κ1) is 7.30. The lowest BCUT2D eigenvalue weighted by Gasteiger charge is -2.09. The van der Waals surface area contributed by atoms with Crippen molar-refractivity contribution >= 4 is 5.97 Å². The minimum atomic E-state index is -1.01. The summed E-state index contributed by atoms with van der Waals surface area (Å²) in [6, 6.07) is 0. The largest absolute Gasteiger partial charge is 0.476 e. The van der Waals surface area contributed by atoms with E-state index >= 15 is 0 Å². The van der Waals surface area contributed by atoms with E-state index in [4.69, 9.17) is 9.63 Å². The van der Waals surface area contributed by atoms with Gasteiger partial charge in [-0.25, -0.2) is 4.79 Å². The first-order valence-corrected chi connectivity index (χ1v) is 3.70. The van der Waals surface area contributed by atoms with Gasteiger partial charge in [0.05, 0.1) is 6.54 Å². The van der Waals surface area contributed by atoms with E-state index in [0.29, 0.717) is 18.7 Å². The molecule has 12 heavy (non-hydrogen) atoms. The molecule has 0 fully saturated rings. The van der Waals surface area contributed by atoms with Crippen LogP contribution < -0.4 is 5.32 Å². The van der Waals surface area contributed by atoms with Gasteiger partial charge in [-0.3, -0.25) is 0 Å². The second kappa shape index (κ2) is 2.60. The molecule has 2 N–H and O–H groups in total. The maximum atomic E-state index is 10.6. The van der Waals surface area contributed by atoms with Gasteiger partial charge in [-0.1, -0.05) is 5.16 Å². The second-order valence-electron chi connectivity index (χ2n) is 2.66. The molecule has 0 aliphatic carbocycles. The number of nitrogens with zero attached hydrogens (tertiary/aromatic N) is 1. The van der Waals surface area contributed by atoms with Crippen LogP contribution in [0.3, 0.4) is 0 Å². The first-order chi connectivity index (χ1) is 5.79. The number of aromatic carboxylic acids is 1. The molecule has 2 rings (SSSR count). The highest BCUT2D eigenvalue weighted by Gasteiger charge is 2.22. The monoisotopic (exact) mass is 168 g/mol. The smallest absolute Gasteiger partial charge is 0.358 e. The third-order valence-electron chi connectivity index (χ3n) is 1.91. The van der Waals surface area contributed by atoms with Crippen molar-refractivity contribution in [1.29, 1.82) is 0 Å². The van der Waals surface area contributed by atoms with Crippen molar-refractivity contribution < 1.29 is 14.4 Å². The van der Waals surface area contributed by atoms with Gasteiger partial charge in [0.25, 0.3) is 0 Å². The van der Waals surface area contributed by atoms with Crippen LogP contribution in [-0.2, 0) is 13.0 Å². The lowest BCUT2D eigenvalue weighted by atomic mass is 10.1. The molecule has 2 heterocycles. The molecule has 5 nitrogen and oxygen atoms in total. The highest BCUT2D eigenvalue weighted by atomic mass is 16.5. The number of carboxylic acids is 1. The number of nitrogens with one attached hydrogen (secondary N) is 1. The Kier molecular flexibility index (Phi) is 1.58. The Bertz CT molecular complexity index is 318. The third-order valence-corrected chi connectivity index (χ3v) is 1.91. The Morgan fingerprint density at radius 1 is 1.67 bits per heavy atom. The molecular weight excluding hydrogens is 160 g/mol. The van der Waals surface area contributed by atoms with Crippen molar-refractivity contribution in [2.75, 3.05) is 6.54 Å². The van der Waals surface area contributed by atoms with Gasteiger partial charge in [0.1, 0.15) is 0 Å². The predicted octanol–water partition coefficient (Wildman–Crippen LogP) is 0.0185. The zero-order valence-corrected chi connectivity index (χ0v) is 6.33. The van der Waals surface area contributed by atoms with Crippen LogP contribution in [-0.4, -0.2) is 22.8 Å². The molecule has 5 heteroatoms. The third kappa shape index (κ3) is 0.984. The number of rotatable bonds is 1. The average Bonchev–Trinajstić information content (AvgIpc) is 2.47. The summed E-state index contributed by atoms with van der Waals surface area (Å²) in [5, 5.41) is 15.2. The molecule has 0 bridgehead atoms. The molecular formula is C7H8N2O3. The van der Waals surface area contributed by atoms with Crippen molar-refractivity contribution in [3.63, 3.8) is 0 Å². The fourth-order valence-electron chi connectivity index (χ4n) is 1.32. The number of carbonyl (C=O) groups is 1. The summed E-state index contributed by atoms with van der Waals surface area (Å²) in [6.07, 6.45) is 0.681. The molecule has 0 saturated carbocycles. The summed E-state index contributed by atoms with van der Waals surface area (Å²) in [5.41, 5.74) is 0.799. The molecule has 1 aliphatic rings. The average molecular weight is 168 g/mol. The molecule has 0 amide bonds. The fourth-order valence-corrected chi connectivity index (χ4v) is 1.32. The Morgan fingerprint density at radius 2 is 2.50 bits per heavy atom. The zero-order valence-electron chi connectivity index (χ0n) is 6.33. The Hall–Kier alpha value is -1.36. The van der Waals surface area contributed by atoms with Gasteiger partial charge in [-0.15, -0.1) is 0 Å². The normalized spacial score (nSPS) is 15.7. The number of aromatic nitrogens is 1. The number of fused-ring (bicyclic) bond motifs is 1. The number of hydrogen-bond donors (Lipinski definition) is 2. The lowest BCUT2D eigenvalue weighted by Crippen LogP contribution is -2.23. The Balaban J connectivity index is 2.44. The van der Waals surface area contributed by atoms with Crippen molar-refractivity contribution in [2.24, 2.45) is 0 Å². The number of carboxylic acid groups (broad SMARTS) is 1. The molecule has 0 spiro atoms. The number of hydrogen-bond acceptors (Lipinski definition) is 4. The summed E-state index contributed by atoms with van der Waals surface area (Å²) in [6.45, 7) is 1.37. The van der Waals surface area contributed by atoms with E-state index in [2.05, 4.69) is 10.5 Å². The summed E-state index contributed by atoms with van der Waals surface area (Å²) >= 11 is 0. The standard InChI is InChI=1S/C7H8N2O3/c10-7(11)6-4-1-2-8-3-5(4)12-9-6/h8H,1-3H2,(H,10,11).